The van der Waals surface area contributed by atoms with Gasteiger partial charge in [0.25, 0.3) is 0 Å². The molecule has 0 unspecified atom stereocenters. The molecule has 0 saturated heterocycles. The molecule has 0 spiro atoms. The lowest BCUT2D eigenvalue weighted by molar-refractivity contribution is 0.431. The molecule has 0 amide bonds. The molecular weight excluding hydrogens is 184 g/mol. The lowest BCUT2D eigenvalue weighted by Gasteiger charge is -2.25. The van der Waals surface area contributed by atoms with Crippen LogP contribution in [0.2, 0.25) is 0 Å². The highest BCUT2D eigenvalue weighted by Gasteiger charge is 2.24. The van der Waals surface area contributed by atoms with E-state index < -0.39 is 0 Å². The van der Waals surface area contributed by atoms with Crippen molar-refractivity contribution in [3.05, 3.63) is 17.7 Å². The minimum atomic E-state index is 0.255. The number of nitrogens with zero attached hydrogens (tertiary/aromatic N) is 2. The molecule has 0 N–H and O–H groups in total. The van der Waals surface area contributed by atoms with Crippen LogP contribution >= 0.6 is 0 Å². The highest BCUT2D eigenvalue weighted by molar-refractivity contribution is 5.15. The molecule has 15 heavy (non-hydrogen) atoms. The number of aromatic nitrogens is 2. The predicted molar refractivity (Wildman–Crippen MR) is 65.1 cm³/mol. The maximum Gasteiger partial charge on any atom is 0.108 e. The van der Waals surface area contributed by atoms with Gasteiger partial charge in [-0.1, -0.05) is 40.5 Å². The molecular formula is C13H24N2. The number of imidazole rings is 1. The van der Waals surface area contributed by atoms with E-state index in [2.05, 4.69) is 50.5 Å². The van der Waals surface area contributed by atoms with Crippen molar-refractivity contribution < 1.29 is 0 Å². The van der Waals surface area contributed by atoms with Crippen LogP contribution in [0.15, 0.2) is 6.20 Å². The van der Waals surface area contributed by atoms with E-state index in [1.165, 1.54) is 30.8 Å². The average molecular weight is 208 g/mol. The van der Waals surface area contributed by atoms with E-state index in [0.717, 1.165) is 6.42 Å². The van der Waals surface area contributed by atoms with Gasteiger partial charge in [-0.2, -0.15) is 0 Å². The molecule has 0 aliphatic carbocycles. The summed E-state index contributed by atoms with van der Waals surface area (Å²) < 4.78 is 2.26. The largest absolute Gasteiger partial charge is 0.335 e. The first-order valence-corrected chi connectivity index (χ1v) is 6.04. The lowest BCUT2D eigenvalue weighted by atomic mass is 9.84. The molecule has 0 fully saturated rings. The number of hydrogen-bond acceptors (Lipinski definition) is 1. The molecule has 2 heteroatoms. The van der Waals surface area contributed by atoms with Crippen LogP contribution < -0.4 is 0 Å². The second kappa shape index (κ2) is 4.82. The molecule has 0 radical (unpaired) electrons. The Balaban J connectivity index is 2.88. The van der Waals surface area contributed by atoms with E-state index in [0.29, 0.717) is 0 Å². The first-order valence-electron chi connectivity index (χ1n) is 6.04. The Morgan fingerprint density at radius 1 is 1.33 bits per heavy atom. The summed E-state index contributed by atoms with van der Waals surface area (Å²) in [6.07, 6.45) is 6.86. The van der Waals surface area contributed by atoms with Gasteiger partial charge >= 0.3 is 0 Å². The Hall–Kier alpha value is -0.790. The Labute approximate surface area is 93.7 Å². The molecule has 2 nitrogen and oxygen atoms in total. The van der Waals surface area contributed by atoms with Gasteiger partial charge in [0.1, 0.15) is 5.82 Å². The topological polar surface area (TPSA) is 17.8 Å². The van der Waals surface area contributed by atoms with Crippen molar-refractivity contribution in [3.63, 3.8) is 0 Å². The number of unbranched alkanes of at least 4 members (excludes halogenated alkanes) is 1. The first kappa shape index (κ1) is 12.3. The van der Waals surface area contributed by atoms with Gasteiger partial charge in [0.05, 0.1) is 0 Å². The van der Waals surface area contributed by atoms with Crippen LogP contribution in [-0.2, 0) is 18.9 Å². The Morgan fingerprint density at radius 2 is 2.00 bits per heavy atom. The number of aryl methyl sites for hydroxylation is 1. The van der Waals surface area contributed by atoms with Crippen molar-refractivity contribution in [3.8, 4) is 0 Å². The van der Waals surface area contributed by atoms with E-state index in [-0.39, 0.29) is 5.41 Å². The van der Waals surface area contributed by atoms with Crippen LogP contribution in [0.25, 0.3) is 0 Å². The average Bonchev–Trinajstić information content (AvgIpc) is 2.57. The fourth-order valence-electron chi connectivity index (χ4n) is 2.15. The standard InChI is InChI=1S/C13H24N2/c1-6-8-9-13(3,4)11-10-14-12(7-2)15(11)5/h10H,6-9H2,1-5H3. The first-order chi connectivity index (χ1) is 7.03. The highest BCUT2D eigenvalue weighted by atomic mass is 15.1. The predicted octanol–water partition coefficient (Wildman–Crippen LogP) is 3.45. The van der Waals surface area contributed by atoms with E-state index in [1.807, 2.05) is 0 Å². The van der Waals surface area contributed by atoms with Crippen LogP contribution in [0.1, 0.15) is 58.5 Å². The number of rotatable bonds is 5. The van der Waals surface area contributed by atoms with Crippen LogP contribution in [0.3, 0.4) is 0 Å². The van der Waals surface area contributed by atoms with Gasteiger partial charge in [-0.25, -0.2) is 4.98 Å². The molecule has 1 aromatic heterocycles. The molecule has 0 atom stereocenters. The van der Waals surface area contributed by atoms with Crippen molar-refractivity contribution in [1.82, 2.24) is 9.55 Å². The van der Waals surface area contributed by atoms with Gasteiger partial charge in [-0.15, -0.1) is 0 Å². The summed E-state index contributed by atoms with van der Waals surface area (Å²) >= 11 is 0. The third-order valence-corrected chi connectivity index (χ3v) is 3.25. The summed E-state index contributed by atoms with van der Waals surface area (Å²) in [4.78, 5) is 4.47. The summed E-state index contributed by atoms with van der Waals surface area (Å²) in [5, 5.41) is 0. The monoisotopic (exact) mass is 208 g/mol. The van der Waals surface area contributed by atoms with Crippen molar-refractivity contribution in [2.24, 2.45) is 7.05 Å². The minimum absolute atomic E-state index is 0.255. The third-order valence-electron chi connectivity index (χ3n) is 3.25. The summed E-state index contributed by atoms with van der Waals surface area (Å²) in [5.41, 5.74) is 1.62. The second-order valence-corrected chi connectivity index (χ2v) is 4.96. The molecule has 0 aliphatic rings. The van der Waals surface area contributed by atoms with Crippen molar-refractivity contribution in [2.45, 2.75) is 58.8 Å². The Morgan fingerprint density at radius 3 is 2.47 bits per heavy atom. The zero-order valence-electron chi connectivity index (χ0n) is 10.8. The quantitative estimate of drug-likeness (QED) is 0.724. The van der Waals surface area contributed by atoms with E-state index in [9.17, 15) is 0 Å². The van der Waals surface area contributed by atoms with Crippen LogP contribution in [0.4, 0.5) is 0 Å². The molecule has 1 heterocycles. The van der Waals surface area contributed by atoms with Crippen molar-refractivity contribution in [1.29, 1.82) is 0 Å². The van der Waals surface area contributed by atoms with Gasteiger partial charge in [0.15, 0.2) is 0 Å². The highest BCUT2D eigenvalue weighted by Crippen LogP contribution is 2.29. The van der Waals surface area contributed by atoms with Gasteiger partial charge in [0, 0.05) is 30.8 Å². The van der Waals surface area contributed by atoms with Crippen molar-refractivity contribution >= 4 is 0 Å². The van der Waals surface area contributed by atoms with Crippen LogP contribution in [0, 0.1) is 0 Å². The zero-order chi connectivity index (χ0) is 11.5. The van der Waals surface area contributed by atoms with Gasteiger partial charge < -0.3 is 4.57 Å². The molecule has 1 aromatic rings. The SMILES string of the molecule is CCCCC(C)(C)c1cnc(CC)n1C. The molecule has 1 rings (SSSR count). The molecule has 0 bridgehead atoms. The van der Waals surface area contributed by atoms with E-state index in [4.69, 9.17) is 0 Å². The number of hydrogen-bond donors (Lipinski definition) is 0. The van der Waals surface area contributed by atoms with E-state index >= 15 is 0 Å². The molecule has 0 saturated carbocycles. The summed E-state index contributed by atoms with van der Waals surface area (Å²) in [6, 6.07) is 0. The van der Waals surface area contributed by atoms with Gasteiger partial charge in [-0.3, -0.25) is 0 Å². The van der Waals surface area contributed by atoms with Crippen molar-refractivity contribution in [2.75, 3.05) is 0 Å². The summed E-state index contributed by atoms with van der Waals surface area (Å²) in [7, 11) is 2.13. The third kappa shape index (κ3) is 2.61. The van der Waals surface area contributed by atoms with Gasteiger partial charge in [0.2, 0.25) is 0 Å². The van der Waals surface area contributed by atoms with Gasteiger partial charge in [-0.05, 0) is 6.42 Å². The van der Waals surface area contributed by atoms with E-state index in [1.54, 1.807) is 0 Å². The lowest BCUT2D eigenvalue weighted by Crippen LogP contribution is -2.21. The smallest absolute Gasteiger partial charge is 0.108 e. The van der Waals surface area contributed by atoms with Crippen LogP contribution in [-0.4, -0.2) is 9.55 Å². The Bertz CT molecular complexity index is 310. The van der Waals surface area contributed by atoms with Crippen LogP contribution in [0.5, 0.6) is 0 Å². The minimum Gasteiger partial charge on any atom is -0.335 e. The molecule has 0 aromatic carbocycles. The molecule has 86 valence electrons. The fraction of sp³-hybridized carbons (Fsp3) is 0.769. The maximum absolute atomic E-state index is 4.47. The summed E-state index contributed by atoms with van der Waals surface area (Å²) in [6.45, 7) is 9.04. The fourth-order valence-corrected chi connectivity index (χ4v) is 2.15. The summed E-state index contributed by atoms with van der Waals surface area (Å²) in [5.74, 6) is 1.19. The zero-order valence-corrected chi connectivity index (χ0v) is 10.8. The molecule has 0 aliphatic heterocycles. The normalized spacial score (nSPS) is 12.1. The second-order valence-electron chi connectivity index (χ2n) is 4.96. The maximum atomic E-state index is 4.47. The Kier molecular flexibility index (Phi) is 3.95.